The number of benzene rings is 1. The molecule has 29 heavy (non-hydrogen) atoms. The Bertz CT molecular complexity index is 1080. The molecule has 0 unspecified atom stereocenters. The lowest BCUT2D eigenvalue weighted by Gasteiger charge is -2.30. The highest BCUT2D eigenvalue weighted by atomic mass is 32.2. The highest BCUT2D eigenvalue weighted by molar-refractivity contribution is 7.89. The zero-order chi connectivity index (χ0) is 20.4. The van der Waals surface area contributed by atoms with Gasteiger partial charge in [0, 0.05) is 19.2 Å². The van der Waals surface area contributed by atoms with Crippen LogP contribution in [0.3, 0.4) is 0 Å². The normalized spacial score (nSPS) is 17.9. The van der Waals surface area contributed by atoms with Gasteiger partial charge in [-0.15, -0.1) is 21.5 Å². The van der Waals surface area contributed by atoms with Crippen molar-refractivity contribution in [2.45, 2.75) is 23.7 Å². The lowest BCUT2D eigenvalue weighted by molar-refractivity contribution is 0.285. The Labute approximate surface area is 173 Å². The van der Waals surface area contributed by atoms with E-state index >= 15 is 0 Å². The lowest BCUT2D eigenvalue weighted by Crippen LogP contribution is -2.39. The van der Waals surface area contributed by atoms with Crippen LogP contribution < -0.4 is 9.47 Å². The van der Waals surface area contributed by atoms with Crippen LogP contribution in [0.4, 0.5) is 0 Å². The third-order valence-corrected chi connectivity index (χ3v) is 7.64. The third kappa shape index (κ3) is 3.87. The van der Waals surface area contributed by atoms with Gasteiger partial charge in [-0.05, 0) is 36.4 Å². The van der Waals surface area contributed by atoms with Gasteiger partial charge in [0.15, 0.2) is 0 Å². The molecule has 0 N–H and O–H groups in total. The van der Waals surface area contributed by atoms with E-state index < -0.39 is 10.0 Å². The van der Waals surface area contributed by atoms with Crippen molar-refractivity contribution in [1.82, 2.24) is 14.5 Å². The molecule has 10 heteroatoms. The van der Waals surface area contributed by atoms with Crippen molar-refractivity contribution in [3.05, 3.63) is 41.6 Å². The molecule has 1 aliphatic rings. The molecule has 0 spiro atoms. The Balaban J connectivity index is 1.60. The summed E-state index contributed by atoms with van der Waals surface area (Å²) in [7, 11) is -0.829. The summed E-state index contributed by atoms with van der Waals surface area (Å²) >= 11 is 1.52. The topological polar surface area (TPSA) is 94.8 Å². The molecule has 1 saturated heterocycles. The second-order valence-electron chi connectivity index (χ2n) is 6.64. The van der Waals surface area contributed by atoms with E-state index in [1.54, 1.807) is 12.1 Å². The van der Waals surface area contributed by atoms with E-state index in [1.165, 1.54) is 35.9 Å². The van der Waals surface area contributed by atoms with Crippen molar-refractivity contribution in [1.29, 1.82) is 0 Å². The molecule has 3 heterocycles. The number of nitrogens with zero attached hydrogens (tertiary/aromatic N) is 3. The summed E-state index contributed by atoms with van der Waals surface area (Å²) in [5.41, 5.74) is 0. The SMILES string of the molecule is COc1ccc(OC)c(S(=O)(=O)N2CCC[C@H](c3nnc(-c4cccs4)o3)C2)c1. The molecule has 0 aliphatic carbocycles. The van der Waals surface area contributed by atoms with Crippen LogP contribution in [0.5, 0.6) is 11.5 Å². The van der Waals surface area contributed by atoms with E-state index in [1.807, 2.05) is 17.5 Å². The first kappa shape index (κ1) is 19.9. The first-order valence-electron chi connectivity index (χ1n) is 9.12. The molecule has 8 nitrogen and oxygen atoms in total. The van der Waals surface area contributed by atoms with Gasteiger partial charge in [-0.25, -0.2) is 8.42 Å². The maximum Gasteiger partial charge on any atom is 0.257 e. The van der Waals surface area contributed by atoms with E-state index in [-0.39, 0.29) is 23.1 Å². The predicted octanol–water partition coefficient (Wildman–Crippen LogP) is 3.38. The van der Waals surface area contributed by atoms with Crippen LogP contribution in [0, 0.1) is 0 Å². The van der Waals surface area contributed by atoms with Crippen molar-refractivity contribution in [2.24, 2.45) is 0 Å². The molecule has 154 valence electrons. The van der Waals surface area contributed by atoms with Gasteiger partial charge >= 0.3 is 0 Å². The summed E-state index contributed by atoms with van der Waals surface area (Å²) in [4.78, 5) is 0.981. The van der Waals surface area contributed by atoms with Crippen molar-refractivity contribution in [3.8, 4) is 22.3 Å². The number of hydrogen-bond donors (Lipinski definition) is 0. The first-order valence-corrected chi connectivity index (χ1v) is 11.4. The average Bonchev–Trinajstić information content (AvgIpc) is 3.45. The molecule has 4 rings (SSSR count). The monoisotopic (exact) mass is 435 g/mol. The van der Waals surface area contributed by atoms with Gasteiger partial charge < -0.3 is 13.9 Å². The number of hydrogen-bond acceptors (Lipinski definition) is 8. The highest BCUT2D eigenvalue weighted by Gasteiger charge is 2.35. The van der Waals surface area contributed by atoms with Crippen LogP contribution in [0.25, 0.3) is 10.8 Å². The summed E-state index contributed by atoms with van der Waals surface area (Å²) < 4.78 is 44.4. The number of ether oxygens (including phenoxy) is 2. The van der Waals surface area contributed by atoms with E-state index in [0.717, 1.165) is 11.3 Å². The number of methoxy groups -OCH3 is 2. The van der Waals surface area contributed by atoms with Crippen molar-refractivity contribution in [2.75, 3.05) is 27.3 Å². The molecule has 1 aromatic carbocycles. The van der Waals surface area contributed by atoms with Crippen LogP contribution in [-0.4, -0.2) is 50.2 Å². The summed E-state index contributed by atoms with van der Waals surface area (Å²) in [5.74, 6) is 1.51. The minimum Gasteiger partial charge on any atom is -0.497 e. The summed E-state index contributed by atoms with van der Waals surface area (Å²) in [5, 5.41) is 10.2. The fourth-order valence-electron chi connectivity index (χ4n) is 3.39. The van der Waals surface area contributed by atoms with Crippen molar-refractivity contribution < 1.29 is 22.3 Å². The molecule has 0 radical (unpaired) electrons. The summed E-state index contributed by atoms with van der Waals surface area (Å²) in [6.45, 7) is 0.694. The van der Waals surface area contributed by atoms with Crippen LogP contribution >= 0.6 is 11.3 Å². The first-order chi connectivity index (χ1) is 14.0. The van der Waals surface area contributed by atoms with Crippen LogP contribution in [0.2, 0.25) is 0 Å². The molecule has 1 aliphatic heterocycles. The Morgan fingerprint density at radius 3 is 2.79 bits per heavy atom. The van der Waals surface area contributed by atoms with Crippen LogP contribution in [-0.2, 0) is 10.0 Å². The summed E-state index contributed by atoms with van der Waals surface area (Å²) in [6, 6.07) is 8.58. The molecule has 0 saturated carbocycles. The molecular weight excluding hydrogens is 414 g/mol. The number of sulfonamides is 1. The molecule has 1 fully saturated rings. The highest BCUT2D eigenvalue weighted by Crippen LogP contribution is 2.35. The Hall–Kier alpha value is -2.43. The van der Waals surface area contributed by atoms with Crippen molar-refractivity contribution >= 4 is 21.4 Å². The van der Waals surface area contributed by atoms with Crippen molar-refractivity contribution in [3.63, 3.8) is 0 Å². The van der Waals surface area contributed by atoms with Gasteiger partial charge in [0.2, 0.25) is 15.9 Å². The van der Waals surface area contributed by atoms with Crippen LogP contribution in [0.15, 0.2) is 45.0 Å². The van der Waals surface area contributed by atoms with E-state index in [9.17, 15) is 8.42 Å². The smallest absolute Gasteiger partial charge is 0.257 e. The second-order valence-corrected chi connectivity index (χ2v) is 9.50. The predicted molar refractivity (Wildman–Crippen MR) is 108 cm³/mol. The van der Waals surface area contributed by atoms with Gasteiger partial charge in [-0.1, -0.05) is 6.07 Å². The Morgan fingerprint density at radius 2 is 2.07 bits per heavy atom. The van der Waals surface area contributed by atoms with Gasteiger partial charge in [-0.3, -0.25) is 0 Å². The number of piperidine rings is 1. The average molecular weight is 436 g/mol. The maximum atomic E-state index is 13.3. The zero-order valence-corrected chi connectivity index (χ0v) is 17.7. The summed E-state index contributed by atoms with van der Waals surface area (Å²) in [6.07, 6.45) is 1.49. The maximum absolute atomic E-state index is 13.3. The molecule has 1 atom stereocenters. The van der Waals surface area contributed by atoms with Gasteiger partial charge in [-0.2, -0.15) is 4.31 Å². The quantitative estimate of drug-likeness (QED) is 0.586. The van der Waals surface area contributed by atoms with E-state index in [2.05, 4.69) is 10.2 Å². The van der Waals surface area contributed by atoms with Gasteiger partial charge in [0.1, 0.15) is 16.4 Å². The van der Waals surface area contributed by atoms with E-state index in [0.29, 0.717) is 30.5 Å². The number of rotatable bonds is 6. The molecular formula is C19H21N3O5S2. The number of thiophene rings is 1. The molecule has 2 aromatic heterocycles. The largest absolute Gasteiger partial charge is 0.497 e. The Morgan fingerprint density at radius 1 is 1.21 bits per heavy atom. The van der Waals surface area contributed by atoms with Gasteiger partial charge in [0.25, 0.3) is 5.89 Å². The second kappa shape index (κ2) is 8.13. The Kier molecular flexibility index (Phi) is 5.57. The van der Waals surface area contributed by atoms with E-state index in [4.69, 9.17) is 13.9 Å². The molecule has 0 amide bonds. The van der Waals surface area contributed by atoms with Crippen LogP contribution in [0.1, 0.15) is 24.7 Å². The fraction of sp³-hybridized carbons (Fsp3) is 0.368. The van der Waals surface area contributed by atoms with Gasteiger partial charge in [0.05, 0.1) is 25.0 Å². The minimum atomic E-state index is -3.77. The minimum absolute atomic E-state index is 0.0878. The standard InChI is InChI=1S/C19H21N3O5S2/c1-25-14-7-8-15(26-2)17(11-14)29(23,24)22-9-3-5-13(12-22)18-20-21-19(27-18)16-6-4-10-28-16/h4,6-8,10-11,13H,3,5,9,12H2,1-2H3/t13-/m0/s1. The third-order valence-electron chi connectivity index (χ3n) is 4.89. The zero-order valence-electron chi connectivity index (χ0n) is 16.1. The molecule has 3 aromatic rings. The molecule has 0 bridgehead atoms. The lowest BCUT2D eigenvalue weighted by atomic mass is 10.00. The fourth-order valence-corrected chi connectivity index (χ4v) is 5.73. The number of aromatic nitrogens is 2.